The fourth-order valence-electron chi connectivity index (χ4n) is 3.88. The van der Waals surface area contributed by atoms with Crippen LogP contribution in [0.15, 0.2) is 66.7 Å². The predicted octanol–water partition coefficient (Wildman–Crippen LogP) is 5.98. The van der Waals surface area contributed by atoms with Crippen LogP contribution >= 0.6 is 0 Å². The molecule has 1 aliphatic heterocycles. The monoisotopic (exact) mass is 392 g/mol. The Labute approximate surface area is 164 Å². The Hall–Kier alpha value is -3.41. The first-order chi connectivity index (χ1) is 13.9. The van der Waals surface area contributed by atoms with Gasteiger partial charge in [0.25, 0.3) is 0 Å². The Morgan fingerprint density at radius 2 is 1.59 bits per heavy atom. The number of hydrogen-bond acceptors (Lipinski definition) is 2. The van der Waals surface area contributed by atoms with Crippen molar-refractivity contribution in [2.45, 2.75) is 19.1 Å². The van der Waals surface area contributed by atoms with E-state index < -0.39 is 11.7 Å². The smallest absolute Gasteiger partial charge is 0.323 e. The van der Waals surface area contributed by atoms with Crippen LogP contribution in [0, 0.1) is 0 Å². The number of rotatable bonds is 2. The molecule has 0 N–H and O–H groups in total. The zero-order valence-electron chi connectivity index (χ0n) is 15.2. The van der Waals surface area contributed by atoms with Gasteiger partial charge in [-0.15, -0.1) is 0 Å². The van der Waals surface area contributed by atoms with Crippen LogP contribution in [-0.2, 0) is 12.7 Å². The van der Waals surface area contributed by atoms with Crippen molar-refractivity contribution in [3.05, 3.63) is 77.9 Å². The molecule has 2 heterocycles. The second-order valence-corrected chi connectivity index (χ2v) is 7.09. The average molecular weight is 392 g/mol. The van der Waals surface area contributed by atoms with E-state index in [1.165, 1.54) is 6.07 Å². The number of ketones is 1. The highest BCUT2D eigenvalue weighted by atomic mass is 19.4. The molecule has 3 aromatic carbocycles. The SMILES string of the molecule is O=C1CCn2c(-c3ccc(-c4cccc(C(F)(F)F)c4)cc3)nc3cccc1c32. The summed E-state index contributed by atoms with van der Waals surface area (Å²) in [6, 6.07) is 18.1. The number of Topliss-reactive ketones (excluding diaryl/α,β-unsaturated/α-hetero) is 1. The molecule has 0 spiro atoms. The summed E-state index contributed by atoms with van der Waals surface area (Å²) in [6.07, 6.45) is -3.94. The molecule has 6 heteroatoms. The van der Waals surface area contributed by atoms with Gasteiger partial charge in [0.05, 0.1) is 16.6 Å². The summed E-state index contributed by atoms with van der Waals surface area (Å²) in [5.41, 5.74) is 3.71. The van der Waals surface area contributed by atoms with Gasteiger partial charge in [-0.25, -0.2) is 4.98 Å². The van der Waals surface area contributed by atoms with Crippen LogP contribution in [-0.4, -0.2) is 15.3 Å². The minimum Gasteiger partial charge on any atom is -0.323 e. The molecule has 4 aromatic rings. The Morgan fingerprint density at radius 3 is 2.34 bits per heavy atom. The lowest BCUT2D eigenvalue weighted by Crippen LogP contribution is -2.14. The maximum atomic E-state index is 13.0. The van der Waals surface area contributed by atoms with E-state index in [9.17, 15) is 18.0 Å². The van der Waals surface area contributed by atoms with E-state index in [0.717, 1.165) is 34.6 Å². The minimum absolute atomic E-state index is 0.120. The van der Waals surface area contributed by atoms with Crippen molar-refractivity contribution in [2.24, 2.45) is 0 Å². The molecule has 144 valence electrons. The highest BCUT2D eigenvalue weighted by Crippen LogP contribution is 2.34. The zero-order valence-corrected chi connectivity index (χ0v) is 15.2. The number of imidazole rings is 1. The van der Waals surface area contributed by atoms with Gasteiger partial charge in [0, 0.05) is 24.1 Å². The quantitative estimate of drug-likeness (QED) is 0.421. The summed E-state index contributed by atoms with van der Waals surface area (Å²) < 4.78 is 41.0. The number of nitrogens with zero attached hydrogens (tertiary/aromatic N) is 2. The van der Waals surface area contributed by atoms with Crippen molar-refractivity contribution in [1.29, 1.82) is 0 Å². The summed E-state index contributed by atoms with van der Waals surface area (Å²) in [5.74, 6) is 0.880. The first kappa shape index (κ1) is 17.7. The number of aryl methyl sites for hydroxylation is 1. The Morgan fingerprint density at radius 1 is 0.862 bits per heavy atom. The number of halogens is 3. The minimum atomic E-state index is -4.37. The standard InChI is InChI=1S/C23H15F3N2O/c24-23(25,26)17-4-1-3-16(13-17)14-7-9-15(10-8-14)22-27-19-6-2-5-18-20(29)11-12-28(22)21(18)19/h1-10,13H,11-12H2. The number of benzene rings is 3. The zero-order chi connectivity index (χ0) is 20.2. The van der Waals surface area contributed by atoms with Crippen molar-refractivity contribution < 1.29 is 18.0 Å². The van der Waals surface area contributed by atoms with E-state index in [1.807, 2.05) is 34.9 Å². The van der Waals surface area contributed by atoms with Crippen LogP contribution < -0.4 is 0 Å². The number of alkyl halides is 3. The largest absolute Gasteiger partial charge is 0.416 e. The van der Waals surface area contributed by atoms with E-state index in [-0.39, 0.29) is 5.78 Å². The summed E-state index contributed by atoms with van der Waals surface area (Å²) in [5, 5.41) is 0. The molecule has 0 atom stereocenters. The van der Waals surface area contributed by atoms with Crippen LogP contribution in [0.25, 0.3) is 33.5 Å². The Bertz CT molecular complexity index is 1250. The predicted molar refractivity (Wildman–Crippen MR) is 105 cm³/mol. The lowest BCUT2D eigenvalue weighted by molar-refractivity contribution is -0.137. The Kier molecular flexibility index (Phi) is 3.84. The van der Waals surface area contributed by atoms with Gasteiger partial charge in [-0.2, -0.15) is 13.2 Å². The van der Waals surface area contributed by atoms with Crippen LogP contribution in [0.5, 0.6) is 0 Å². The summed E-state index contributed by atoms with van der Waals surface area (Å²) in [4.78, 5) is 16.9. The van der Waals surface area contributed by atoms with Gasteiger partial charge in [0.1, 0.15) is 5.82 Å². The third-order valence-electron chi connectivity index (χ3n) is 5.30. The molecule has 0 fully saturated rings. The lowest BCUT2D eigenvalue weighted by Gasteiger charge is -2.16. The maximum absolute atomic E-state index is 13.0. The van der Waals surface area contributed by atoms with Gasteiger partial charge >= 0.3 is 6.18 Å². The molecule has 3 nitrogen and oxygen atoms in total. The normalized spacial score (nSPS) is 13.8. The van der Waals surface area contributed by atoms with Crippen molar-refractivity contribution in [3.63, 3.8) is 0 Å². The molecule has 5 rings (SSSR count). The van der Waals surface area contributed by atoms with Crippen molar-refractivity contribution in [3.8, 4) is 22.5 Å². The molecule has 1 aliphatic rings. The third-order valence-corrected chi connectivity index (χ3v) is 5.30. The van der Waals surface area contributed by atoms with Crippen molar-refractivity contribution in [1.82, 2.24) is 9.55 Å². The third kappa shape index (κ3) is 2.92. The van der Waals surface area contributed by atoms with E-state index in [1.54, 1.807) is 18.2 Å². The van der Waals surface area contributed by atoms with Gasteiger partial charge < -0.3 is 4.57 Å². The van der Waals surface area contributed by atoms with Crippen LogP contribution in [0.3, 0.4) is 0 Å². The number of aromatic nitrogens is 2. The second-order valence-electron chi connectivity index (χ2n) is 7.09. The van der Waals surface area contributed by atoms with Crippen molar-refractivity contribution in [2.75, 3.05) is 0 Å². The van der Waals surface area contributed by atoms with Crippen LogP contribution in [0.4, 0.5) is 13.2 Å². The van der Waals surface area contributed by atoms with Gasteiger partial charge in [-0.1, -0.05) is 42.5 Å². The fraction of sp³-hybridized carbons (Fsp3) is 0.130. The molecule has 0 unspecified atom stereocenters. The summed E-state index contributed by atoms with van der Waals surface area (Å²) in [6.45, 7) is 0.567. The van der Waals surface area contributed by atoms with Gasteiger partial charge in [0.2, 0.25) is 0 Å². The number of para-hydroxylation sites is 1. The highest BCUT2D eigenvalue weighted by Gasteiger charge is 2.30. The molecular weight excluding hydrogens is 377 g/mol. The number of carbonyl (C=O) groups is 1. The molecule has 1 aromatic heterocycles. The van der Waals surface area contributed by atoms with E-state index in [4.69, 9.17) is 4.98 Å². The van der Waals surface area contributed by atoms with E-state index in [2.05, 4.69) is 0 Å². The molecule has 29 heavy (non-hydrogen) atoms. The van der Waals surface area contributed by atoms with Gasteiger partial charge in [0.15, 0.2) is 5.78 Å². The molecule has 0 saturated heterocycles. The average Bonchev–Trinajstić information content (AvgIpc) is 3.10. The highest BCUT2D eigenvalue weighted by molar-refractivity contribution is 6.08. The topological polar surface area (TPSA) is 34.9 Å². The molecule has 0 bridgehead atoms. The summed E-state index contributed by atoms with van der Waals surface area (Å²) in [7, 11) is 0. The fourth-order valence-corrected chi connectivity index (χ4v) is 3.88. The van der Waals surface area contributed by atoms with Gasteiger partial charge in [-0.3, -0.25) is 4.79 Å². The van der Waals surface area contributed by atoms with E-state index in [0.29, 0.717) is 29.7 Å². The second kappa shape index (κ2) is 6.30. The molecule has 0 radical (unpaired) electrons. The first-order valence-corrected chi connectivity index (χ1v) is 9.22. The number of carbonyl (C=O) groups excluding carboxylic acids is 1. The van der Waals surface area contributed by atoms with Crippen LogP contribution in [0.1, 0.15) is 22.3 Å². The molecular formula is C23H15F3N2O. The van der Waals surface area contributed by atoms with Crippen LogP contribution in [0.2, 0.25) is 0 Å². The lowest BCUT2D eigenvalue weighted by atomic mass is 10.0. The first-order valence-electron chi connectivity index (χ1n) is 9.22. The maximum Gasteiger partial charge on any atom is 0.416 e. The summed E-state index contributed by atoms with van der Waals surface area (Å²) >= 11 is 0. The van der Waals surface area contributed by atoms with Gasteiger partial charge in [-0.05, 0) is 35.4 Å². The number of hydrogen-bond donors (Lipinski definition) is 0. The molecule has 0 aliphatic carbocycles. The van der Waals surface area contributed by atoms with Crippen molar-refractivity contribution >= 4 is 16.8 Å². The van der Waals surface area contributed by atoms with E-state index >= 15 is 0 Å². The Balaban J connectivity index is 1.56. The molecule has 0 amide bonds. The molecule has 0 saturated carbocycles.